The summed E-state index contributed by atoms with van der Waals surface area (Å²) in [6.45, 7) is 4.62. The summed E-state index contributed by atoms with van der Waals surface area (Å²) in [5, 5.41) is 5.37. The van der Waals surface area contributed by atoms with E-state index in [0.29, 0.717) is 0 Å². The molecule has 2 aromatic carbocycles. The molecule has 0 aromatic heterocycles. The van der Waals surface area contributed by atoms with E-state index in [4.69, 9.17) is 10.5 Å². The second kappa shape index (κ2) is 6.14. The highest BCUT2D eigenvalue weighted by atomic mass is 16.5. The predicted molar refractivity (Wildman–Crippen MR) is 85.3 cm³/mol. The largest absolute Gasteiger partial charge is 0.497 e. The van der Waals surface area contributed by atoms with Crippen molar-refractivity contribution in [3.63, 3.8) is 0 Å². The van der Waals surface area contributed by atoms with Crippen molar-refractivity contribution in [2.24, 2.45) is 5.73 Å². The Hall–Kier alpha value is -2.07. The van der Waals surface area contributed by atoms with Crippen LogP contribution in [0.5, 0.6) is 5.75 Å². The molecular formula is C17H22N2O2. The molecule has 1 unspecified atom stereocenters. The van der Waals surface area contributed by atoms with Crippen LogP contribution in [0.15, 0.2) is 36.4 Å². The van der Waals surface area contributed by atoms with E-state index >= 15 is 0 Å². The van der Waals surface area contributed by atoms with Crippen molar-refractivity contribution in [2.45, 2.75) is 25.8 Å². The van der Waals surface area contributed by atoms with E-state index in [-0.39, 0.29) is 5.91 Å². The Bertz CT molecular complexity index is 654. The highest BCUT2D eigenvalue weighted by Crippen LogP contribution is 2.27. The lowest BCUT2D eigenvalue weighted by atomic mass is 9.89. The van der Waals surface area contributed by atoms with Crippen LogP contribution < -0.4 is 15.8 Å². The highest BCUT2D eigenvalue weighted by molar-refractivity contribution is 5.89. The number of methoxy groups -OCH3 is 1. The summed E-state index contributed by atoms with van der Waals surface area (Å²) in [5.74, 6) is 0.445. The Morgan fingerprint density at radius 1 is 1.24 bits per heavy atom. The maximum atomic E-state index is 11.9. The summed E-state index contributed by atoms with van der Waals surface area (Å²) in [4.78, 5) is 11.9. The minimum absolute atomic E-state index is 0.371. The van der Waals surface area contributed by atoms with Crippen LogP contribution in [-0.4, -0.2) is 19.6 Å². The second-order valence-electron chi connectivity index (χ2n) is 5.34. The Labute approximate surface area is 125 Å². The summed E-state index contributed by atoms with van der Waals surface area (Å²) in [7, 11) is 1.65. The molecule has 4 heteroatoms. The van der Waals surface area contributed by atoms with E-state index in [1.165, 1.54) is 0 Å². The zero-order chi connectivity index (χ0) is 15.5. The fourth-order valence-electron chi connectivity index (χ4n) is 2.37. The van der Waals surface area contributed by atoms with E-state index in [1.807, 2.05) is 43.3 Å². The number of fused-ring (bicyclic) bond motifs is 1. The maximum Gasteiger partial charge on any atom is 0.242 e. The third-order valence-electron chi connectivity index (χ3n) is 3.85. The SMILES string of the molecule is CCCNC(C)(C(N)=O)c1ccc2cc(OC)ccc2c1. The van der Waals surface area contributed by atoms with Crippen LogP contribution in [0.3, 0.4) is 0 Å². The number of hydrogen-bond donors (Lipinski definition) is 2. The molecule has 112 valence electrons. The number of ether oxygens (including phenoxy) is 1. The van der Waals surface area contributed by atoms with E-state index in [2.05, 4.69) is 12.2 Å². The van der Waals surface area contributed by atoms with Crippen LogP contribution in [0.4, 0.5) is 0 Å². The smallest absolute Gasteiger partial charge is 0.242 e. The quantitative estimate of drug-likeness (QED) is 0.857. The van der Waals surface area contributed by atoms with Crippen LogP contribution in [-0.2, 0) is 10.3 Å². The van der Waals surface area contributed by atoms with Crippen molar-refractivity contribution in [3.8, 4) is 5.75 Å². The number of nitrogens with one attached hydrogen (secondary N) is 1. The third kappa shape index (κ3) is 3.00. The molecule has 3 N–H and O–H groups in total. The minimum atomic E-state index is -0.857. The number of primary amides is 1. The van der Waals surface area contributed by atoms with Gasteiger partial charge >= 0.3 is 0 Å². The van der Waals surface area contributed by atoms with Crippen LogP contribution in [0.1, 0.15) is 25.8 Å². The molecule has 2 aromatic rings. The average Bonchev–Trinajstić information content (AvgIpc) is 2.51. The molecule has 0 aliphatic rings. The molecule has 0 saturated heterocycles. The highest BCUT2D eigenvalue weighted by Gasteiger charge is 2.32. The molecule has 0 spiro atoms. The Morgan fingerprint density at radius 2 is 1.90 bits per heavy atom. The lowest BCUT2D eigenvalue weighted by molar-refractivity contribution is -0.124. The van der Waals surface area contributed by atoms with E-state index in [0.717, 1.165) is 35.1 Å². The van der Waals surface area contributed by atoms with Gasteiger partial charge in [0.1, 0.15) is 11.3 Å². The summed E-state index contributed by atoms with van der Waals surface area (Å²) in [6.07, 6.45) is 0.938. The summed E-state index contributed by atoms with van der Waals surface area (Å²) in [6, 6.07) is 11.8. The van der Waals surface area contributed by atoms with Gasteiger partial charge in [0.15, 0.2) is 0 Å². The number of hydrogen-bond acceptors (Lipinski definition) is 3. The number of carbonyl (C=O) groups excluding carboxylic acids is 1. The molecule has 2 rings (SSSR count). The zero-order valence-electron chi connectivity index (χ0n) is 12.8. The molecule has 0 fully saturated rings. The maximum absolute atomic E-state index is 11.9. The normalized spacial score (nSPS) is 13.9. The van der Waals surface area contributed by atoms with Crippen LogP contribution in [0.2, 0.25) is 0 Å². The van der Waals surface area contributed by atoms with Gasteiger partial charge in [-0.05, 0) is 54.4 Å². The first-order chi connectivity index (χ1) is 10.0. The first-order valence-corrected chi connectivity index (χ1v) is 7.14. The summed E-state index contributed by atoms with van der Waals surface area (Å²) in [5.41, 5.74) is 5.63. The predicted octanol–water partition coefficient (Wildman–Crippen LogP) is 2.55. The van der Waals surface area contributed by atoms with E-state index in [1.54, 1.807) is 7.11 Å². The van der Waals surface area contributed by atoms with E-state index in [9.17, 15) is 4.79 Å². The Kier molecular flexibility index (Phi) is 4.48. The topological polar surface area (TPSA) is 64.3 Å². The second-order valence-corrected chi connectivity index (χ2v) is 5.34. The molecule has 4 nitrogen and oxygen atoms in total. The van der Waals surface area contributed by atoms with Crippen LogP contribution in [0.25, 0.3) is 10.8 Å². The molecule has 0 saturated carbocycles. The Morgan fingerprint density at radius 3 is 2.52 bits per heavy atom. The van der Waals surface area contributed by atoms with Gasteiger partial charge in [-0.1, -0.05) is 25.1 Å². The summed E-state index contributed by atoms with van der Waals surface area (Å²) < 4.78 is 5.22. The molecule has 0 radical (unpaired) electrons. The molecule has 21 heavy (non-hydrogen) atoms. The van der Waals surface area contributed by atoms with Crippen molar-refractivity contribution in [1.29, 1.82) is 0 Å². The molecule has 0 bridgehead atoms. The van der Waals surface area contributed by atoms with Crippen molar-refractivity contribution >= 4 is 16.7 Å². The molecule has 1 atom stereocenters. The average molecular weight is 286 g/mol. The number of benzene rings is 2. The number of rotatable bonds is 6. The molecular weight excluding hydrogens is 264 g/mol. The first-order valence-electron chi connectivity index (χ1n) is 7.14. The van der Waals surface area contributed by atoms with Crippen molar-refractivity contribution in [3.05, 3.63) is 42.0 Å². The fourth-order valence-corrected chi connectivity index (χ4v) is 2.37. The molecule has 0 aliphatic heterocycles. The van der Waals surface area contributed by atoms with Gasteiger partial charge in [0.05, 0.1) is 7.11 Å². The first kappa shape index (κ1) is 15.3. The van der Waals surface area contributed by atoms with Crippen molar-refractivity contribution < 1.29 is 9.53 Å². The van der Waals surface area contributed by atoms with Crippen LogP contribution >= 0.6 is 0 Å². The Balaban J connectivity index is 2.46. The van der Waals surface area contributed by atoms with Gasteiger partial charge in [0.25, 0.3) is 0 Å². The minimum Gasteiger partial charge on any atom is -0.497 e. The van der Waals surface area contributed by atoms with Gasteiger partial charge in [0.2, 0.25) is 5.91 Å². The monoisotopic (exact) mass is 286 g/mol. The van der Waals surface area contributed by atoms with Gasteiger partial charge in [-0.15, -0.1) is 0 Å². The summed E-state index contributed by atoms with van der Waals surface area (Å²) >= 11 is 0. The van der Waals surface area contributed by atoms with E-state index < -0.39 is 5.54 Å². The van der Waals surface area contributed by atoms with Gasteiger partial charge in [-0.2, -0.15) is 0 Å². The zero-order valence-corrected chi connectivity index (χ0v) is 12.8. The van der Waals surface area contributed by atoms with Crippen LogP contribution in [0, 0.1) is 0 Å². The molecule has 0 heterocycles. The van der Waals surface area contributed by atoms with Gasteiger partial charge < -0.3 is 10.5 Å². The number of amides is 1. The van der Waals surface area contributed by atoms with Gasteiger partial charge in [-0.3, -0.25) is 10.1 Å². The third-order valence-corrected chi connectivity index (χ3v) is 3.85. The van der Waals surface area contributed by atoms with Crippen molar-refractivity contribution in [2.75, 3.05) is 13.7 Å². The lowest BCUT2D eigenvalue weighted by Crippen LogP contribution is -2.50. The lowest BCUT2D eigenvalue weighted by Gasteiger charge is -2.28. The number of nitrogens with two attached hydrogens (primary N) is 1. The van der Waals surface area contributed by atoms with Gasteiger partial charge in [-0.25, -0.2) is 0 Å². The van der Waals surface area contributed by atoms with Crippen molar-refractivity contribution in [1.82, 2.24) is 5.32 Å². The molecule has 1 amide bonds. The molecule has 0 aliphatic carbocycles. The van der Waals surface area contributed by atoms with Gasteiger partial charge in [0, 0.05) is 0 Å². The number of carbonyl (C=O) groups is 1. The fraction of sp³-hybridized carbons (Fsp3) is 0.353. The standard InChI is InChI=1S/C17H22N2O2/c1-4-9-19-17(2,16(18)20)14-7-5-13-11-15(21-3)8-6-12(13)10-14/h5-8,10-11,19H,4,9H2,1-3H3,(H2,18,20).